The van der Waals surface area contributed by atoms with Gasteiger partial charge in [-0.1, -0.05) is 42.5 Å². The molecule has 92 valence electrons. The first-order chi connectivity index (χ1) is 9.25. The topological polar surface area (TPSA) is 46.2 Å². The van der Waals surface area contributed by atoms with Crippen LogP contribution in [0.3, 0.4) is 0 Å². The van der Waals surface area contributed by atoms with E-state index in [0.29, 0.717) is 16.8 Å². The van der Waals surface area contributed by atoms with Gasteiger partial charge in [0.2, 0.25) is 5.78 Å². The Hall–Kier alpha value is -2.68. The molecule has 0 saturated heterocycles. The highest BCUT2D eigenvalue weighted by atomic mass is 16.1. The number of carbonyl (C=O) groups excluding carboxylic acids is 2. The van der Waals surface area contributed by atoms with E-state index in [0.717, 1.165) is 5.69 Å². The minimum atomic E-state index is -0.177. The Morgan fingerprint density at radius 2 is 1.63 bits per heavy atom. The molecule has 0 aliphatic carbocycles. The van der Waals surface area contributed by atoms with Gasteiger partial charge in [0, 0.05) is 22.9 Å². The lowest BCUT2D eigenvalue weighted by Crippen LogP contribution is -2.05. The number of fused-ring (bicyclic) bond motifs is 1. The predicted octanol–water partition coefficient (Wildman–Crippen LogP) is 3.06. The number of hydrogen-bond acceptors (Lipinski definition) is 3. The molecule has 0 spiro atoms. The first kappa shape index (κ1) is 11.4. The smallest absolute Gasteiger partial charge is 0.211 e. The van der Waals surface area contributed by atoms with Crippen molar-refractivity contribution in [3.8, 4) is 0 Å². The van der Waals surface area contributed by atoms with E-state index in [9.17, 15) is 9.59 Å². The quantitative estimate of drug-likeness (QED) is 0.657. The Kier molecular flexibility index (Phi) is 2.72. The average Bonchev–Trinajstić information content (AvgIpc) is 2.77. The molecule has 0 fully saturated rings. The van der Waals surface area contributed by atoms with Crippen molar-refractivity contribution in [3.05, 3.63) is 77.5 Å². The van der Waals surface area contributed by atoms with Crippen molar-refractivity contribution < 1.29 is 9.59 Å². The molecule has 3 nitrogen and oxygen atoms in total. The van der Waals surface area contributed by atoms with Crippen LogP contribution in [0.5, 0.6) is 0 Å². The summed E-state index contributed by atoms with van der Waals surface area (Å²) < 4.78 is 0. The Balaban J connectivity index is 1.92. The summed E-state index contributed by atoms with van der Waals surface area (Å²) in [6, 6.07) is 16.1. The molecule has 2 aromatic carbocycles. The number of rotatable bonds is 2. The van der Waals surface area contributed by atoms with E-state index < -0.39 is 0 Å². The van der Waals surface area contributed by atoms with E-state index in [1.807, 2.05) is 18.2 Å². The van der Waals surface area contributed by atoms with E-state index in [1.165, 1.54) is 6.08 Å². The lowest BCUT2D eigenvalue weighted by molar-refractivity contribution is 0.101. The largest absolute Gasteiger partial charge is 0.352 e. The second kappa shape index (κ2) is 4.53. The fourth-order valence-electron chi connectivity index (χ4n) is 2.06. The van der Waals surface area contributed by atoms with Crippen LogP contribution in [0.2, 0.25) is 0 Å². The van der Waals surface area contributed by atoms with Crippen molar-refractivity contribution in [2.24, 2.45) is 0 Å². The van der Waals surface area contributed by atoms with Gasteiger partial charge in [-0.25, -0.2) is 0 Å². The van der Waals surface area contributed by atoms with Gasteiger partial charge in [0.05, 0.1) is 5.70 Å². The van der Waals surface area contributed by atoms with Crippen LogP contribution in [0.15, 0.2) is 66.4 Å². The molecular formula is C16H11NO2. The van der Waals surface area contributed by atoms with E-state index in [-0.39, 0.29) is 11.6 Å². The highest BCUT2D eigenvalue weighted by Gasteiger charge is 2.24. The van der Waals surface area contributed by atoms with Gasteiger partial charge in [-0.2, -0.15) is 0 Å². The molecule has 19 heavy (non-hydrogen) atoms. The summed E-state index contributed by atoms with van der Waals surface area (Å²) >= 11 is 0. The zero-order valence-corrected chi connectivity index (χ0v) is 10.1. The Labute approximate surface area is 110 Å². The predicted molar refractivity (Wildman–Crippen MR) is 73.3 cm³/mol. The van der Waals surface area contributed by atoms with Crippen molar-refractivity contribution in [1.29, 1.82) is 0 Å². The maximum absolute atomic E-state index is 12.1. The van der Waals surface area contributed by atoms with Gasteiger partial charge >= 0.3 is 0 Å². The fraction of sp³-hybridized carbons (Fsp3) is 0. The molecule has 1 heterocycles. The fourth-order valence-corrected chi connectivity index (χ4v) is 2.06. The molecule has 1 aliphatic heterocycles. The summed E-state index contributed by atoms with van der Waals surface area (Å²) in [4.78, 5) is 24.1. The molecule has 0 saturated carbocycles. The molecule has 0 aromatic heterocycles. The number of hydrogen-bond donors (Lipinski definition) is 1. The number of nitrogens with one attached hydrogen (secondary N) is 1. The Morgan fingerprint density at radius 3 is 2.37 bits per heavy atom. The number of anilines is 1. The third-order valence-corrected chi connectivity index (χ3v) is 3.02. The molecule has 0 unspecified atom stereocenters. The molecular weight excluding hydrogens is 238 g/mol. The normalized spacial score (nSPS) is 15.2. The average molecular weight is 249 g/mol. The Morgan fingerprint density at radius 1 is 0.947 bits per heavy atom. The van der Waals surface area contributed by atoms with E-state index >= 15 is 0 Å². The van der Waals surface area contributed by atoms with Crippen LogP contribution >= 0.6 is 0 Å². The van der Waals surface area contributed by atoms with Gasteiger partial charge in [0.1, 0.15) is 0 Å². The number of Topliss-reactive ketones (excluding diaryl/α,β-unsaturated/α-hetero) is 1. The molecule has 3 rings (SSSR count). The van der Waals surface area contributed by atoms with Gasteiger partial charge < -0.3 is 5.32 Å². The minimum Gasteiger partial charge on any atom is -0.352 e. The summed E-state index contributed by atoms with van der Waals surface area (Å²) in [5.41, 5.74) is 2.25. The standard InChI is InChI=1S/C16H11NO2/c18-15(11-6-2-1-3-7-11)10-14-16(19)12-8-4-5-9-13(12)17-14/h1-10,17H/b14-10+. The molecule has 0 bridgehead atoms. The van der Waals surface area contributed by atoms with Crippen LogP contribution in [-0.4, -0.2) is 11.6 Å². The van der Waals surface area contributed by atoms with Crippen LogP contribution < -0.4 is 5.32 Å². The van der Waals surface area contributed by atoms with Crippen LogP contribution in [0, 0.1) is 0 Å². The van der Waals surface area contributed by atoms with Crippen LogP contribution in [0.25, 0.3) is 0 Å². The number of benzene rings is 2. The molecule has 1 aliphatic rings. The third kappa shape index (κ3) is 2.06. The molecule has 0 amide bonds. The van der Waals surface area contributed by atoms with Crippen LogP contribution in [0.4, 0.5) is 5.69 Å². The van der Waals surface area contributed by atoms with E-state index in [4.69, 9.17) is 0 Å². The monoisotopic (exact) mass is 249 g/mol. The molecule has 3 heteroatoms. The second-order valence-electron chi connectivity index (χ2n) is 4.29. The van der Waals surface area contributed by atoms with Gasteiger partial charge in [0.25, 0.3) is 0 Å². The molecule has 2 aromatic rings. The summed E-state index contributed by atoms with van der Waals surface area (Å²) in [6.45, 7) is 0. The summed E-state index contributed by atoms with van der Waals surface area (Å²) in [6.07, 6.45) is 1.36. The SMILES string of the molecule is O=C(/C=C1/Nc2ccccc2C1=O)c1ccccc1. The van der Waals surface area contributed by atoms with Gasteiger partial charge in [-0.05, 0) is 12.1 Å². The second-order valence-corrected chi connectivity index (χ2v) is 4.29. The minimum absolute atomic E-state index is 0.139. The van der Waals surface area contributed by atoms with Crippen molar-refractivity contribution in [3.63, 3.8) is 0 Å². The summed E-state index contributed by atoms with van der Waals surface area (Å²) in [7, 11) is 0. The summed E-state index contributed by atoms with van der Waals surface area (Å²) in [5, 5.41) is 2.98. The van der Waals surface area contributed by atoms with Crippen LogP contribution in [-0.2, 0) is 0 Å². The lowest BCUT2D eigenvalue weighted by Gasteiger charge is -1.98. The maximum atomic E-state index is 12.1. The van der Waals surface area contributed by atoms with Crippen LogP contribution in [0.1, 0.15) is 20.7 Å². The number of para-hydroxylation sites is 1. The highest BCUT2D eigenvalue weighted by Crippen LogP contribution is 2.27. The van der Waals surface area contributed by atoms with E-state index in [1.54, 1.807) is 36.4 Å². The first-order valence-corrected chi connectivity index (χ1v) is 5.97. The maximum Gasteiger partial charge on any atom is 0.211 e. The summed E-state index contributed by atoms with van der Waals surface area (Å²) in [5.74, 6) is -0.316. The Bertz CT molecular complexity index is 687. The first-order valence-electron chi connectivity index (χ1n) is 5.97. The molecule has 0 radical (unpaired) electrons. The molecule has 1 N–H and O–H groups in total. The van der Waals surface area contributed by atoms with Crippen molar-refractivity contribution >= 4 is 17.3 Å². The zero-order chi connectivity index (χ0) is 13.2. The van der Waals surface area contributed by atoms with E-state index in [2.05, 4.69) is 5.32 Å². The number of allylic oxidation sites excluding steroid dienone is 2. The van der Waals surface area contributed by atoms with Crippen molar-refractivity contribution in [2.45, 2.75) is 0 Å². The lowest BCUT2D eigenvalue weighted by atomic mass is 10.1. The number of carbonyl (C=O) groups is 2. The van der Waals surface area contributed by atoms with Gasteiger partial charge in [-0.3, -0.25) is 9.59 Å². The van der Waals surface area contributed by atoms with Gasteiger partial charge in [0.15, 0.2) is 5.78 Å². The van der Waals surface area contributed by atoms with Crippen molar-refractivity contribution in [2.75, 3.05) is 5.32 Å². The van der Waals surface area contributed by atoms with Gasteiger partial charge in [-0.15, -0.1) is 0 Å². The van der Waals surface area contributed by atoms with Crippen molar-refractivity contribution in [1.82, 2.24) is 0 Å². The molecule has 0 atom stereocenters. The highest BCUT2D eigenvalue weighted by molar-refractivity contribution is 6.21. The third-order valence-electron chi connectivity index (χ3n) is 3.02. The number of ketones is 2. The zero-order valence-electron chi connectivity index (χ0n) is 10.1.